The molecule has 1 aliphatic heterocycles. The fraction of sp³-hybridized carbons (Fsp3) is 0.714. The normalized spacial score (nSPS) is 16.9. The lowest BCUT2D eigenvalue weighted by Crippen LogP contribution is -2.38. The Morgan fingerprint density at radius 3 is 2.65 bits per heavy atom. The molecule has 0 radical (unpaired) electrons. The largest absolute Gasteiger partial charge is 0.369 e. The van der Waals surface area contributed by atoms with Crippen molar-refractivity contribution in [3.63, 3.8) is 0 Å². The predicted octanol–water partition coefficient (Wildman–Crippen LogP) is 1.91. The molecule has 2 rings (SSSR count). The molecule has 5 nitrogen and oxygen atoms in total. The second-order valence-electron chi connectivity index (χ2n) is 5.68. The van der Waals surface area contributed by atoms with Crippen LogP contribution in [0.3, 0.4) is 0 Å². The van der Waals surface area contributed by atoms with Gasteiger partial charge in [-0.15, -0.1) is 0 Å². The maximum atomic E-state index is 12.2. The molecule has 1 aromatic rings. The molecule has 0 saturated carbocycles. The monoisotopic (exact) mass is 298 g/mol. The zero-order chi connectivity index (χ0) is 14.7. The van der Waals surface area contributed by atoms with Gasteiger partial charge in [0.2, 0.25) is 0 Å². The molecule has 1 saturated heterocycles. The van der Waals surface area contributed by atoms with Crippen molar-refractivity contribution >= 4 is 17.3 Å². The number of nitrogens with one attached hydrogen (secondary N) is 1. The van der Waals surface area contributed by atoms with Crippen LogP contribution in [0.15, 0.2) is 11.0 Å². The van der Waals surface area contributed by atoms with E-state index in [0.717, 1.165) is 38.2 Å². The molecule has 0 bridgehead atoms. The van der Waals surface area contributed by atoms with Gasteiger partial charge in [-0.2, -0.15) is 5.10 Å². The van der Waals surface area contributed by atoms with Crippen LogP contribution in [0.4, 0.5) is 5.69 Å². The Morgan fingerprint density at radius 1 is 1.45 bits per heavy atom. The van der Waals surface area contributed by atoms with E-state index in [9.17, 15) is 4.79 Å². The Bertz CT molecular complexity index is 506. The van der Waals surface area contributed by atoms with Gasteiger partial charge in [0.05, 0.1) is 17.9 Å². The van der Waals surface area contributed by atoms with E-state index < -0.39 is 0 Å². The van der Waals surface area contributed by atoms with Gasteiger partial charge < -0.3 is 10.2 Å². The average Bonchev–Trinajstić information content (AvgIpc) is 2.43. The Labute approximate surface area is 124 Å². The zero-order valence-electron chi connectivity index (χ0n) is 12.4. The van der Waals surface area contributed by atoms with E-state index in [4.69, 9.17) is 11.6 Å². The molecule has 6 heteroatoms. The van der Waals surface area contributed by atoms with Crippen LogP contribution in [-0.2, 0) is 0 Å². The summed E-state index contributed by atoms with van der Waals surface area (Å²) in [4.78, 5) is 14.3. The van der Waals surface area contributed by atoms with E-state index in [1.807, 2.05) is 20.9 Å². The van der Waals surface area contributed by atoms with Crippen molar-refractivity contribution < 1.29 is 0 Å². The highest BCUT2D eigenvalue weighted by atomic mass is 35.5. The third kappa shape index (κ3) is 3.15. The maximum absolute atomic E-state index is 12.2. The van der Waals surface area contributed by atoms with Crippen LogP contribution in [0.5, 0.6) is 0 Å². The van der Waals surface area contributed by atoms with E-state index in [1.165, 1.54) is 4.68 Å². The lowest BCUT2D eigenvalue weighted by atomic mass is 9.96. The molecule has 20 heavy (non-hydrogen) atoms. The molecular formula is C14H23ClN4O. The summed E-state index contributed by atoms with van der Waals surface area (Å²) in [7, 11) is 1.98. The van der Waals surface area contributed by atoms with Crippen LogP contribution in [0.1, 0.15) is 32.7 Å². The number of halogens is 1. The summed E-state index contributed by atoms with van der Waals surface area (Å²) in [5.74, 6) is 0.707. The number of aromatic nitrogens is 2. The molecule has 1 aromatic heterocycles. The zero-order valence-corrected chi connectivity index (χ0v) is 13.2. The number of hydrogen-bond donors (Lipinski definition) is 1. The SMILES string of the molecule is CNCC1CCN(c2cnn(C(C)C)c(=O)c2Cl)CC1. The Balaban J connectivity index is 2.15. The van der Waals surface area contributed by atoms with Crippen molar-refractivity contribution in [2.75, 3.05) is 31.6 Å². The van der Waals surface area contributed by atoms with Gasteiger partial charge in [0.1, 0.15) is 5.02 Å². The van der Waals surface area contributed by atoms with E-state index in [1.54, 1.807) is 6.20 Å². The first kappa shape index (κ1) is 15.3. The first-order valence-electron chi connectivity index (χ1n) is 7.21. The van der Waals surface area contributed by atoms with E-state index in [-0.39, 0.29) is 11.6 Å². The van der Waals surface area contributed by atoms with Crippen LogP contribution in [-0.4, -0.2) is 36.5 Å². The highest BCUT2D eigenvalue weighted by molar-refractivity contribution is 6.33. The molecule has 0 spiro atoms. The Hall–Kier alpha value is -1.07. The number of piperidine rings is 1. The van der Waals surface area contributed by atoms with Gasteiger partial charge in [0.25, 0.3) is 5.56 Å². The van der Waals surface area contributed by atoms with Gasteiger partial charge in [0, 0.05) is 13.1 Å². The smallest absolute Gasteiger partial charge is 0.287 e. The molecule has 0 aliphatic carbocycles. The van der Waals surface area contributed by atoms with Crippen LogP contribution < -0.4 is 15.8 Å². The third-order valence-corrected chi connectivity index (χ3v) is 4.22. The molecule has 0 aromatic carbocycles. The van der Waals surface area contributed by atoms with Crippen LogP contribution in [0.25, 0.3) is 0 Å². The fourth-order valence-corrected chi connectivity index (χ4v) is 2.95. The third-order valence-electron chi connectivity index (χ3n) is 3.86. The second kappa shape index (κ2) is 6.59. The Kier molecular flexibility index (Phi) is 5.05. The predicted molar refractivity (Wildman–Crippen MR) is 82.8 cm³/mol. The summed E-state index contributed by atoms with van der Waals surface area (Å²) in [5.41, 5.74) is 0.577. The van der Waals surface area contributed by atoms with E-state index in [2.05, 4.69) is 15.3 Å². The van der Waals surface area contributed by atoms with Gasteiger partial charge >= 0.3 is 0 Å². The maximum Gasteiger partial charge on any atom is 0.287 e. The molecule has 0 atom stereocenters. The van der Waals surface area contributed by atoms with Crippen molar-refractivity contribution in [3.8, 4) is 0 Å². The van der Waals surface area contributed by atoms with Gasteiger partial charge in [-0.25, -0.2) is 4.68 Å². The van der Waals surface area contributed by atoms with E-state index in [0.29, 0.717) is 10.9 Å². The minimum atomic E-state index is -0.198. The quantitative estimate of drug-likeness (QED) is 0.922. The minimum absolute atomic E-state index is 0.0235. The van der Waals surface area contributed by atoms with Gasteiger partial charge in [0.15, 0.2) is 0 Å². The molecule has 0 amide bonds. The lowest BCUT2D eigenvalue weighted by Gasteiger charge is -2.33. The molecule has 1 aliphatic rings. The molecular weight excluding hydrogens is 276 g/mol. The summed E-state index contributed by atoms with van der Waals surface area (Å²) >= 11 is 6.25. The van der Waals surface area contributed by atoms with Crippen molar-refractivity contribution in [3.05, 3.63) is 21.6 Å². The number of hydrogen-bond acceptors (Lipinski definition) is 4. The topological polar surface area (TPSA) is 50.2 Å². The van der Waals surface area contributed by atoms with Crippen LogP contribution in [0, 0.1) is 5.92 Å². The number of rotatable bonds is 4. The fourth-order valence-electron chi connectivity index (χ4n) is 2.69. The Morgan fingerprint density at radius 2 is 2.10 bits per heavy atom. The minimum Gasteiger partial charge on any atom is -0.369 e. The summed E-state index contributed by atoms with van der Waals surface area (Å²) in [6.07, 6.45) is 3.96. The average molecular weight is 299 g/mol. The van der Waals surface area contributed by atoms with Crippen molar-refractivity contribution in [1.82, 2.24) is 15.1 Å². The lowest BCUT2D eigenvalue weighted by molar-refractivity contribution is 0.392. The molecule has 1 N–H and O–H groups in total. The molecule has 1 fully saturated rings. The summed E-state index contributed by atoms with van der Waals surface area (Å²) in [6, 6.07) is 0.0235. The van der Waals surface area contributed by atoms with Gasteiger partial charge in [-0.3, -0.25) is 4.79 Å². The van der Waals surface area contributed by atoms with Crippen molar-refractivity contribution in [2.45, 2.75) is 32.7 Å². The van der Waals surface area contributed by atoms with Gasteiger partial charge in [-0.05, 0) is 46.2 Å². The summed E-state index contributed by atoms with van der Waals surface area (Å²) < 4.78 is 1.43. The highest BCUT2D eigenvalue weighted by Gasteiger charge is 2.22. The van der Waals surface area contributed by atoms with Crippen LogP contribution >= 0.6 is 11.6 Å². The van der Waals surface area contributed by atoms with Crippen molar-refractivity contribution in [2.24, 2.45) is 5.92 Å². The van der Waals surface area contributed by atoms with E-state index >= 15 is 0 Å². The second-order valence-corrected chi connectivity index (χ2v) is 6.05. The van der Waals surface area contributed by atoms with Crippen LogP contribution in [0.2, 0.25) is 5.02 Å². The summed E-state index contributed by atoms with van der Waals surface area (Å²) in [5, 5.41) is 7.75. The first-order chi connectivity index (χ1) is 9.54. The summed E-state index contributed by atoms with van der Waals surface area (Å²) in [6.45, 7) is 6.76. The number of anilines is 1. The standard InChI is InChI=1S/C14H23ClN4O/c1-10(2)19-14(20)13(15)12(9-17-19)18-6-4-11(5-7-18)8-16-3/h9-11,16H,4-8H2,1-3H3. The first-order valence-corrected chi connectivity index (χ1v) is 7.59. The highest BCUT2D eigenvalue weighted by Crippen LogP contribution is 2.26. The molecule has 2 heterocycles. The van der Waals surface area contributed by atoms with Crippen molar-refractivity contribution in [1.29, 1.82) is 0 Å². The molecule has 0 unspecified atom stereocenters. The van der Waals surface area contributed by atoms with Gasteiger partial charge in [-0.1, -0.05) is 11.6 Å². The molecule has 112 valence electrons. The number of nitrogens with zero attached hydrogens (tertiary/aromatic N) is 3.